The Kier molecular flexibility index (Phi) is 7.78. The Labute approximate surface area is 139 Å². The number of amides is 1. The Hall–Kier alpha value is -1.71. The van der Waals surface area contributed by atoms with Crippen LogP contribution in [-0.4, -0.2) is 19.1 Å². The molecule has 2 rings (SSSR count). The van der Waals surface area contributed by atoms with Crippen molar-refractivity contribution < 1.29 is 14.3 Å². The molecule has 0 radical (unpaired) electrons. The first-order valence-electron chi connectivity index (χ1n) is 8.99. The van der Waals surface area contributed by atoms with E-state index in [0.717, 1.165) is 24.3 Å². The van der Waals surface area contributed by atoms with Crippen molar-refractivity contribution in [2.45, 2.75) is 64.7 Å². The van der Waals surface area contributed by atoms with E-state index in [-0.39, 0.29) is 5.91 Å². The average Bonchev–Trinajstić information content (AvgIpc) is 2.57. The fraction of sp³-hybridized carbons (Fsp3) is 0.632. The van der Waals surface area contributed by atoms with Crippen LogP contribution in [0.25, 0.3) is 0 Å². The third-order valence-corrected chi connectivity index (χ3v) is 4.08. The van der Waals surface area contributed by atoms with Gasteiger partial charge in [-0.25, -0.2) is 0 Å². The summed E-state index contributed by atoms with van der Waals surface area (Å²) in [5, 5.41) is 2.94. The van der Waals surface area contributed by atoms with Crippen molar-refractivity contribution in [3.8, 4) is 11.5 Å². The fourth-order valence-electron chi connectivity index (χ4n) is 2.76. The maximum Gasteiger partial charge on any atom is 0.224 e. The molecule has 0 unspecified atom stereocenters. The first kappa shape index (κ1) is 17.6. The van der Waals surface area contributed by atoms with Crippen LogP contribution in [0.4, 0.5) is 5.69 Å². The van der Waals surface area contributed by atoms with Crippen LogP contribution in [0.3, 0.4) is 0 Å². The third-order valence-electron chi connectivity index (χ3n) is 4.08. The van der Waals surface area contributed by atoms with Crippen molar-refractivity contribution in [3.05, 3.63) is 18.2 Å². The lowest BCUT2D eigenvalue weighted by Crippen LogP contribution is -2.16. The van der Waals surface area contributed by atoms with Crippen molar-refractivity contribution in [3.63, 3.8) is 0 Å². The van der Waals surface area contributed by atoms with E-state index in [0.29, 0.717) is 25.4 Å². The molecule has 0 aliphatic carbocycles. The molecule has 0 fully saturated rings. The summed E-state index contributed by atoms with van der Waals surface area (Å²) in [6, 6.07) is 5.54. The molecule has 1 amide bonds. The van der Waals surface area contributed by atoms with E-state index in [1.165, 1.54) is 38.5 Å². The zero-order chi connectivity index (χ0) is 16.3. The number of ether oxygens (including phenoxy) is 2. The number of rotatable bonds is 10. The Morgan fingerprint density at radius 2 is 1.61 bits per heavy atom. The molecule has 4 heteroatoms. The Balaban J connectivity index is 1.59. The normalized spacial score (nSPS) is 12.9. The summed E-state index contributed by atoms with van der Waals surface area (Å²) in [5.41, 5.74) is 0.777. The average molecular weight is 319 g/mol. The highest BCUT2D eigenvalue weighted by Gasteiger charge is 2.12. The molecule has 1 aliphatic heterocycles. The highest BCUT2D eigenvalue weighted by molar-refractivity contribution is 5.91. The van der Waals surface area contributed by atoms with Crippen molar-refractivity contribution in [1.82, 2.24) is 0 Å². The Morgan fingerprint density at radius 1 is 0.957 bits per heavy atom. The second kappa shape index (κ2) is 10.1. The molecule has 0 atom stereocenters. The molecule has 1 heterocycles. The number of carbonyl (C=O) groups excluding carboxylic acids is 1. The minimum Gasteiger partial charge on any atom is -0.486 e. The smallest absolute Gasteiger partial charge is 0.224 e. The molecule has 0 aromatic heterocycles. The molecular weight excluding hydrogens is 290 g/mol. The minimum absolute atomic E-state index is 0.0765. The van der Waals surface area contributed by atoms with Crippen LogP contribution in [0, 0.1) is 0 Å². The number of unbranched alkanes of at least 4 members (excludes halogenated alkanes) is 7. The van der Waals surface area contributed by atoms with Crippen LogP contribution < -0.4 is 14.8 Å². The standard InChI is InChI=1S/C19H29NO3/c1-2-3-4-5-6-7-8-9-10-19(21)20-16-11-12-17-18(15-16)23-14-13-22-17/h11-12,15H,2-10,13-14H2,1H3,(H,20,21). The fourth-order valence-corrected chi connectivity index (χ4v) is 2.76. The summed E-state index contributed by atoms with van der Waals surface area (Å²) in [5.74, 6) is 1.53. The molecule has 0 saturated heterocycles. The van der Waals surface area contributed by atoms with Crippen molar-refractivity contribution in [2.75, 3.05) is 18.5 Å². The van der Waals surface area contributed by atoms with Gasteiger partial charge in [0.05, 0.1) is 0 Å². The number of hydrogen-bond donors (Lipinski definition) is 1. The second-order valence-corrected chi connectivity index (χ2v) is 6.13. The van der Waals surface area contributed by atoms with E-state index in [1.807, 2.05) is 18.2 Å². The predicted octanol–water partition coefficient (Wildman–Crippen LogP) is 4.93. The van der Waals surface area contributed by atoms with Gasteiger partial charge in [-0.3, -0.25) is 4.79 Å². The zero-order valence-electron chi connectivity index (χ0n) is 14.2. The van der Waals surface area contributed by atoms with Crippen LogP contribution in [0.2, 0.25) is 0 Å². The molecule has 0 bridgehead atoms. The third kappa shape index (κ3) is 6.51. The maximum atomic E-state index is 12.0. The maximum absolute atomic E-state index is 12.0. The highest BCUT2D eigenvalue weighted by atomic mass is 16.6. The van der Waals surface area contributed by atoms with E-state index in [1.54, 1.807) is 0 Å². The first-order valence-corrected chi connectivity index (χ1v) is 8.99. The molecule has 0 saturated carbocycles. The van der Waals surface area contributed by atoms with E-state index in [2.05, 4.69) is 12.2 Å². The van der Waals surface area contributed by atoms with Crippen LogP contribution in [0.5, 0.6) is 11.5 Å². The van der Waals surface area contributed by atoms with Crippen LogP contribution in [0.15, 0.2) is 18.2 Å². The van der Waals surface area contributed by atoms with Gasteiger partial charge in [-0.2, -0.15) is 0 Å². The number of anilines is 1. The molecule has 1 aromatic carbocycles. The minimum atomic E-state index is 0.0765. The Bertz CT molecular complexity index is 488. The summed E-state index contributed by atoms with van der Waals surface area (Å²) < 4.78 is 11.0. The number of fused-ring (bicyclic) bond motifs is 1. The second-order valence-electron chi connectivity index (χ2n) is 6.13. The first-order chi connectivity index (χ1) is 11.3. The highest BCUT2D eigenvalue weighted by Crippen LogP contribution is 2.32. The largest absolute Gasteiger partial charge is 0.486 e. The molecule has 4 nitrogen and oxygen atoms in total. The van der Waals surface area contributed by atoms with Gasteiger partial charge in [-0.05, 0) is 18.6 Å². The van der Waals surface area contributed by atoms with Gasteiger partial charge in [0.25, 0.3) is 0 Å². The van der Waals surface area contributed by atoms with Gasteiger partial charge in [0.1, 0.15) is 13.2 Å². The van der Waals surface area contributed by atoms with Crippen molar-refractivity contribution >= 4 is 11.6 Å². The molecule has 0 spiro atoms. The quantitative estimate of drug-likeness (QED) is 0.622. The molecule has 128 valence electrons. The van der Waals surface area contributed by atoms with Crippen LogP contribution >= 0.6 is 0 Å². The number of hydrogen-bond acceptors (Lipinski definition) is 3. The monoisotopic (exact) mass is 319 g/mol. The summed E-state index contributed by atoms with van der Waals surface area (Å²) in [7, 11) is 0. The van der Waals surface area contributed by atoms with Crippen molar-refractivity contribution in [2.24, 2.45) is 0 Å². The van der Waals surface area contributed by atoms with Crippen LogP contribution in [0.1, 0.15) is 64.7 Å². The number of carbonyl (C=O) groups is 1. The van der Waals surface area contributed by atoms with Gasteiger partial charge < -0.3 is 14.8 Å². The van der Waals surface area contributed by atoms with Gasteiger partial charge >= 0.3 is 0 Å². The molecule has 1 aromatic rings. The zero-order valence-corrected chi connectivity index (χ0v) is 14.2. The molecule has 1 N–H and O–H groups in total. The van der Waals surface area contributed by atoms with Gasteiger partial charge in [-0.15, -0.1) is 0 Å². The SMILES string of the molecule is CCCCCCCCCCC(=O)Nc1ccc2c(c1)OCCO2. The number of benzene rings is 1. The molecule has 1 aliphatic rings. The lowest BCUT2D eigenvalue weighted by Gasteiger charge is -2.19. The molecular formula is C19H29NO3. The summed E-state index contributed by atoms with van der Waals surface area (Å²) in [6.45, 7) is 3.38. The summed E-state index contributed by atoms with van der Waals surface area (Å²) in [6.07, 6.45) is 10.5. The van der Waals surface area contributed by atoms with Crippen molar-refractivity contribution in [1.29, 1.82) is 0 Å². The van der Waals surface area contributed by atoms with E-state index < -0.39 is 0 Å². The van der Waals surface area contributed by atoms with Gasteiger partial charge in [0.2, 0.25) is 5.91 Å². The summed E-state index contributed by atoms with van der Waals surface area (Å²) in [4.78, 5) is 12.0. The van der Waals surface area contributed by atoms with Gasteiger partial charge in [-0.1, -0.05) is 51.9 Å². The summed E-state index contributed by atoms with van der Waals surface area (Å²) >= 11 is 0. The number of nitrogens with one attached hydrogen (secondary N) is 1. The lowest BCUT2D eigenvalue weighted by atomic mass is 10.1. The Morgan fingerprint density at radius 3 is 2.35 bits per heavy atom. The van der Waals surface area contributed by atoms with E-state index >= 15 is 0 Å². The molecule has 23 heavy (non-hydrogen) atoms. The van der Waals surface area contributed by atoms with Gasteiger partial charge in [0, 0.05) is 18.2 Å². The topological polar surface area (TPSA) is 47.6 Å². The van der Waals surface area contributed by atoms with E-state index in [9.17, 15) is 4.79 Å². The van der Waals surface area contributed by atoms with E-state index in [4.69, 9.17) is 9.47 Å². The lowest BCUT2D eigenvalue weighted by molar-refractivity contribution is -0.116. The predicted molar refractivity (Wildman–Crippen MR) is 93.3 cm³/mol. The van der Waals surface area contributed by atoms with Crippen LogP contribution in [-0.2, 0) is 4.79 Å². The van der Waals surface area contributed by atoms with Gasteiger partial charge in [0.15, 0.2) is 11.5 Å².